The van der Waals surface area contributed by atoms with Crippen LogP contribution < -0.4 is 5.73 Å². The van der Waals surface area contributed by atoms with Crippen molar-refractivity contribution in [3.05, 3.63) is 11.6 Å². The number of fused-ring (bicyclic) bond motifs is 2. The molecule has 0 amide bonds. The summed E-state index contributed by atoms with van der Waals surface area (Å²) in [6, 6.07) is 0. The first-order valence-electron chi connectivity index (χ1n) is 7.16. The summed E-state index contributed by atoms with van der Waals surface area (Å²) in [5.41, 5.74) is 6.47. The number of rotatable bonds is 2. The number of aromatic nitrogens is 4. The Bertz CT molecular complexity index is 840. The van der Waals surface area contributed by atoms with E-state index >= 15 is 0 Å². The van der Waals surface area contributed by atoms with Crippen molar-refractivity contribution in [2.24, 2.45) is 0 Å². The van der Waals surface area contributed by atoms with E-state index in [0.29, 0.717) is 11.2 Å². The van der Waals surface area contributed by atoms with Gasteiger partial charge in [0, 0.05) is 0 Å². The molecular weight excluding hydrogens is 342 g/mol. The summed E-state index contributed by atoms with van der Waals surface area (Å²) < 4.78 is 18.7. The summed E-state index contributed by atoms with van der Waals surface area (Å²) in [6.07, 6.45) is -1.93. The van der Waals surface area contributed by atoms with Crippen molar-refractivity contribution < 1.29 is 24.1 Å². The highest BCUT2D eigenvalue weighted by Crippen LogP contribution is 2.43. The van der Waals surface area contributed by atoms with E-state index in [0.717, 1.165) is 0 Å². The molecule has 10 nitrogen and oxygen atoms in total. The number of hydrogen-bond acceptors (Lipinski definition) is 8. The van der Waals surface area contributed by atoms with E-state index in [2.05, 4.69) is 15.0 Å². The summed E-state index contributed by atoms with van der Waals surface area (Å²) in [5, 5.41) is 9.35. The Morgan fingerprint density at radius 1 is 1.38 bits per heavy atom. The predicted octanol–water partition coefficient (Wildman–Crippen LogP) is 0.564. The standard InChI is InChI=1S/C13H14ClN5O5/c1-13(2)23-5-6(24-13)10(22-7(5)11(20)21)19-3-16-4-8(15)17-12(14)18-9(4)19/h3,5-7,10H,1-2H3,(H,20,21)(H2,15,17,18)/t5?,6-,7-,10+/m0/s1. The molecule has 128 valence electrons. The van der Waals surface area contributed by atoms with Gasteiger partial charge in [-0.25, -0.2) is 9.78 Å². The number of nitrogens with two attached hydrogens (primary N) is 1. The number of ether oxygens (including phenoxy) is 3. The zero-order valence-corrected chi connectivity index (χ0v) is 13.5. The molecule has 0 aromatic carbocycles. The van der Waals surface area contributed by atoms with Crippen LogP contribution in [0.4, 0.5) is 5.82 Å². The van der Waals surface area contributed by atoms with Crippen molar-refractivity contribution in [1.82, 2.24) is 19.5 Å². The van der Waals surface area contributed by atoms with Gasteiger partial charge in [0.15, 0.2) is 29.6 Å². The van der Waals surface area contributed by atoms with Gasteiger partial charge in [0.25, 0.3) is 0 Å². The summed E-state index contributed by atoms with van der Waals surface area (Å²) in [7, 11) is 0. The third-order valence-corrected chi connectivity index (χ3v) is 4.14. The van der Waals surface area contributed by atoms with Crippen LogP contribution in [0.2, 0.25) is 5.28 Å². The second-order valence-corrected chi connectivity index (χ2v) is 6.39. The highest BCUT2D eigenvalue weighted by atomic mass is 35.5. The number of nitrogens with zero attached hydrogens (tertiary/aromatic N) is 4. The minimum absolute atomic E-state index is 0.0463. The molecule has 24 heavy (non-hydrogen) atoms. The first-order valence-corrected chi connectivity index (χ1v) is 7.54. The molecule has 2 fully saturated rings. The Hall–Kier alpha value is -2.01. The number of hydrogen-bond donors (Lipinski definition) is 2. The number of carboxylic acid groups (broad SMARTS) is 1. The highest BCUT2D eigenvalue weighted by Gasteiger charge is 2.58. The quantitative estimate of drug-likeness (QED) is 0.741. The van der Waals surface area contributed by atoms with Gasteiger partial charge in [-0.15, -0.1) is 0 Å². The summed E-state index contributed by atoms with van der Waals surface area (Å²) in [4.78, 5) is 23.6. The predicted molar refractivity (Wildman–Crippen MR) is 80.1 cm³/mol. The Morgan fingerprint density at radius 3 is 2.79 bits per heavy atom. The number of anilines is 1. The fourth-order valence-electron chi connectivity index (χ4n) is 3.10. The maximum Gasteiger partial charge on any atom is 0.335 e. The van der Waals surface area contributed by atoms with Crippen LogP contribution in [0.25, 0.3) is 11.2 Å². The van der Waals surface area contributed by atoms with Crippen LogP contribution in [0.5, 0.6) is 0 Å². The number of carboxylic acids is 1. The number of halogens is 1. The SMILES string of the molecule is CC1(C)OC2[C@@H](C(=O)O)O[C@@H](n3cnc4c(N)nc(Cl)nc43)[C@H]2O1. The molecule has 0 spiro atoms. The average Bonchev–Trinajstić information content (AvgIpc) is 3.09. The van der Waals surface area contributed by atoms with Gasteiger partial charge in [-0.05, 0) is 25.4 Å². The molecule has 4 rings (SSSR count). The Labute approximate surface area is 140 Å². The minimum Gasteiger partial charge on any atom is -0.479 e. The zero-order chi connectivity index (χ0) is 17.2. The van der Waals surface area contributed by atoms with E-state index in [4.69, 9.17) is 31.5 Å². The lowest BCUT2D eigenvalue weighted by Gasteiger charge is -2.23. The molecule has 0 saturated carbocycles. The third-order valence-electron chi connectivity index (χ3n) is 3.97. The smallest absolute Gasteiger partial charge is 0.335 e. The van der Waals surface area contributed by atoms with Crippen molar-refractivity contribution in [3.63, 3.8) is 0 Å². The van der Waals surface area contributed by atoms with E-state index < -0.39 is 36.3 Å². The monoisotopic (exact) mass is 355 g/mol. The average molecular weight is 356 g/mol. The van der Waals surface area contributed by atoms with Gasteiger partial charge in [-0.2, -0.15) is 9.97 Å². The van der Waals surface area contributed by atoms with Gasteiger partial charge >= 0.3 is 5.97 Å². The number of imidazole rings is 1. The van der Waals surface area contributed by atoms with Gasteiger partial charge in [0.2, 0.25) is 5.28 Å². The maximum absolute atomic E-state index is 11.5. The molecule has 0 aliphatic carbocycles. The van der Waals surface area contributed by atoms with E-state index in [9.17, 15) is 9.90 Å². The molecule has 2 aliphatic heterocycles. The van der Waals surface area contributed by atoms with Crippen LogP contribution in [0.1, 0.15) is 20.1 Å². The summed E-state index contributed by atoms with van der Waals surface area (Å²) in [5.74, 6) is -1.94. The summed E-state index contributed by atoms with van der Waals surface area (Å²) in [6.45, 7) is 3.43. The van der Waals surface area contributed by atoms with Gasteiger partial charge < -0.3 is 25.1 Å². The Balaban J connectivity index is 1.80. The molecule has 4 atom stereocenters. The lowest BCUT2D eigenvalue weighted by Crippen LogP contribution is -2.35. The van der Waals surface area contributed by atoms with Crippen molar-refractivity contribution in [2.75, 3.05) is 5.73 Å². The molecule has 1 unspecified atom stereocenters. The van der Waals surface area contributed by atoms with Crippen LogP contribution in [-0.2, 0) is 19.0 Å². The van der Waals surface area contributed by atoms with Gasteiger partial charge in [0.05, 0.1) is 6.33 Å². The zero-order valence-electron chi connectivity index (χ0n) is 12.7. The van der Waals surface area contributed by atoms with Crippen LogP contribution >= 0.6 is 11.6 Å². The molecule has 2 aliphatic rings. The fraction of sp³-hybridized carbons (Fsp3) is 0.538. The molecule has 2 aromatic heterocycles. The first-order chi connectivity index (χ1) is 11.3. The Morgan fingerprint density at radius 2 is 2.08 bits per heavy atom. The number of nitrogen functional groups attached to an aromatic ring is 1. The molecule has 0 radical (unpaired) electrons. The number of aliphatic carboxylic acids is 1. The molecular formula is C13H14ClN5O5. The lowest BCUT2D eigenvalue weighted by molar-refractivity contribution is -0.202. The third kappa shape index (κ3) is 2.22. The van der Waals surface area contributed by atoms with Crippen molar-refractivity contribution >= 4 is 34.6 Å². The molecule has 11 heteroatoms. The molecule has 0 bridgehead atoms. The van der Waals surface area contributed by atoms with Crippen LogP contribution in [-0.4, -0.2) is 54.7 Å². The second-order valence-electron chi connectivity index (χ2n) is 6.05. The van der Waals surface area contributed by atoms with Gasteiger partial charge in [-0.1, -0.05) is 0 Å². The molecule has 2 aromatic rings. The van der Waals surface area contributed by atoms with Crippen LogP contribution in [0.15, 0.2) is 6.33 Å². The van der Waals surface area contributed by atoms with Gasteiger partial charge in [-0.3, -0.25) is 4.57 Å². The van der Waals surface area contributed by atoms with E-state index in [1.165, 1.54) is 10.9 Å². The van der Waals surface area contributed by atoms with E-state index in [1.807, 2.05) is 0 Å². The van der Waals surface area contributed by atoms with E-state index in [1.54, 1.807) is 13.8 Å². The van der Waals surface area contributed by atoms with Crippen molar-refractivity contribution in [1.29, 1.82) is 0 Å². The van der Waals surface area contributed by atoms with Crippen molar-refractivity contribution in [3.8, 4) is 0 Å². The summed E-state index contributed by atoms with van der Waals surface area (Å²) >= 11 is 5.86. The first kappa shape index (κ1) is 15.5. The largest absolute Gasteiger partial charge is 0.479 e. The fourth-order valence-corrected chi connectivity index (χ4v) is 3.27. The van der Waals surface area contributed by atoms with Crippen LogP contribution in [0.3, 0.4) is 0 Å². The van der Waals surface area contributed by atoms with Crippen molar-refractivity contribution in [2.45, 2.75) is 44.2 Å². The van der Waals surface area contributed by atoms with E-state index in [-0.39, 0.29) is 11.1 Å². The van der Waals surface area contributed by atoms with Crippen LogP contribution in [0, 0.1) is 0 Å². The molecule has 3 N–H and O–H groups in total. The minimum atomic E-state index is -1.17. The topological polar surface area (TPSA) is 135 Å². The second kappa shape index (κ2) is 4.99. The molecule has 2 saturated heterocycles. The normalized spacial score (nSPS) is 31.5. The van der Waals surface area contributed by atoms with Gasteiger partial charge in [0.1, 0.15) is 17.7 Å². The highest BCUT2D eigenvalue weighted by molar-refractivity contribution is 6.28. The Kier molecular flexibility index (Phi) is 3.23. The maximum atomic E-state index is 11.5. The number of carbonyl (C=O) groups is 1. The lowest BCUT2D eigenvalue weighted by atomic mass is 10.1. The molecule has 4 heterocycles.